The SMILES string of the molecule is COc1ccc(C(=O)N(C)CCC(C)Br)cc1OC. The van der Waals surface area contributed by atoms with Crippen LogP contribution in [-0.2, 0) is 0 Å². The Morgan fingerprint density at radius 2 is 1.95 bits per heavy atom. The maximum atomic E-state index is 12.2. The molecule has 0 radical (unpaired) electrons. The first-order chi connectivity index (χ1) is 8.99. The molecule has 0 aliphatic rings. The Hall–Kier alpha value is -1.23. The van der Waals surface area contributed by atoms with E-state index in [1.54, 1.807) is 44.4 Å². The number of halogens is 1. The van der Waals surface area contributed by atoms with Crippen LogP contribution in [-0.4, -0.2) is 43.4 Å². The summed E-state index contributed by atoms with van der Waals surface area (Å²) in [6.07, 6.45) is 0.912. The first-order valence-electron chi connectivity index (χ1n) is 6.11. The van der Waals surface area contributed by atoms with Gasteiger partial charge in [0.05, 0.1) is 14.2 Å². The molecule has 1 aromatic carbocycles. The van der Waals surface area contributed by atoms with Gasteiger partial charge in [0.2, 0.25) is 0 Å². The highest BCUT2D eigenvalue weighted by molar-refractivity contribution is 9.09. The molecule has 1 rings (SSSR count). The molecule has 1 aromatic rings. The second kappa shape index (κ2) is 7.38. The molecule has 1 unspecified atom stereocenters. The highest BCUT2D eigenvalue weighted by Gasteiger charge is 2.14. The van der Waals surface area contributed by atoms with Crippen molar-refractivity contribution in [2.75, 3.05) is 27.8 Å². The summed E-state index contributed by atoms with van der Waals surface area (Å²) in [6.45, 7) is 2.77. The Bertz CT molecular complexity index is 435. The number of nitrogens with zero attached hydrogens (tertiary/aromatic N) is 1. The summed E-state index contributed by atoms with van der Waals surface area (Å²) < 4.78 is 10.4. The Morgan fingerprint density at radius 1 is 1.32 bits per heavy atom. The number of alkyl halides is 1. The molecule has 0 aromatic heterocycles. The molecule has 0 saturated carbocycles. The van der Waals surface area contributed by atoms with E-state index in [1.807, 2.05) is 0 Å². The highest BCUT2D eigenvalue weighted by Crippen LogP contribution is 2.27. The minimum atomic E-state index is -0.0193. The quantitative estimate of drug-likeness (QED) is 0.753. The fourth-order valence-electron chi connectivity index (χ4n) is 1.66. The Morgan fingerprint density at radius 3 is 2.47 bits per heavy atom. The number of carbonyl (C=O) groups is 1. The van der Waals surface area contributed by atoms with Crippen LogP contribution in [0.4, 0.5) is 0 Å². The highest BCUT2D eigenvalue weighted by atomic mass is 79.9. The summed E-state index contributed by atoms with van der Waals surface area (Å²) in [5.74, 6) is 1.17. The van der Waals surface area contributed by atoms with Gasteiger partial charge in [0.1, 0.15) is 0 Å². The summed E-state index contributed by atoms with van der Waals surface area (Å²) >= 11 is 3.48. The van der Waals surface area contributed by atoms with Gasteiger partial charge in [0, 0.05) is 24.0 Å². The van der Waals surface area contributed by atoms with Gasteiger partial charge in [-0.25, -0.2) is 0 Å². The van der Waals surface area contributed by atoms with Crippen LogP contribution in [0.1, 0.15) is 23.7 Å². The van der Waals surface area contributed by atoms with E-state index in [1.165, 1.54) is 0 Å². The molecule has 5 heteroatoms. The number of hydrogen-bond donors (Lipinski definition) is 0. The normalized spacial score (nSPS) is 11.8. The molecular weight excluding hydrogens is 310 g/mol. The van der Waals surface area contributed by atoms with Crippen LogP contribution in [0.2, 0.25) is 0 Å². The van der Waals surface area contributed by atoms with Gasteiger partial charge in [0.25, 0.3) is 5.91 Å². The van der Waals surface area contributed by atoms with Crippen LogP contribution < -0.4 is 9.47 Å². The van der Waals surface area contributed by atoms with E-state index in [9.17, 15) is 4.79 Å². The van der Waals surface area contributed by atoms with Crippen molar-refractivity contribution in [1.29, 1.82) is 0 Å². The summed E-state index contributed by atoms with van der Waals surface area (Å²) in [7, 11) is 4.93. The number of amides is 1. The van der Waals surface area contributed by atoms with Gasteiger partial charge in [-0.15, -0.1) is 0 Å². The van der Waals surface area contributed by atoms with E-state index in [0.717, 1.165) is 6.42 Å². The predicted octanol–water partition coefficient (Wildman–Crippen LogP) is 2.95. The molecule has 0 saturated heterocycles. The topological polar surface area (TPSA) is 38.8 Å². The second-order valence-corrected chi connectivity index (χ2v) is 5.93. The van der Waals surface area contributed by atoms with Crippen molar-refractivity contribution >= 4 is 21.8 Å². The summed E-state index contributed by atoms with van der Waals surface area (Å²) in [5.41, 5.74) is 0.599. The van der Waals surface area contributed by atoms with Crippen LogP contribution in [0.3, 0.4) is 0 Å². The minimum Gasteiger partial charge on any atom is -0.493 e. The lowest BCUT2D eigenvalue weighted by Crippen LogP contribution is -2.28. The number of carbonyl (C=O) groups excluding carboxylic acids is 1. The van der Waals surface area contributed by atoms with Gasteiger partial charge in [-0.3, -0.25) is 4.79 Å². The van der Waals surface area contributed by atoms with Crippen molar-refractivity contribution in [1.82, 2.24) is 4.90 Å². The molecule has 1 amide bonds. The van der Waals surface area contributed by atoms with E-state index in [2.05, 4.69) is 22.9 Å². The van der Waals surface area contributed by atoms with Gasteiger partial charge < -0.3 is 14.4 Å². The molecular formula is C14H20BrNO3. The lowest BCUT2D eigenvalue weighted by molar-refractivity contribution is 0.0793. The Labute approximate surface area is 122 Å². The zero-order valence-electron chi connectivity index (χ0n) is 11.8. The van der Waals surface area contributed by atoms with Crippen LogP contribution >= 0.6 is 15.9 Å². The van der Waals surface area contributed by atoms with Crippen molar-refractivity contribution in [3.8, 4) is 11.5 Å². The number of ether oxygens (including phenoxy) is 2. The summed E-state index contributed by atoms with van der Waals surface area (Å²) in [4.78, 5) is 14.3. The van der Waals surface area contributed by atoms with Crippen molar-refractivity contribution < 1.29 is 14.3 Å². The molecule has 19 heavy (non-hydrogen) atoms. The number of methoxy groups -OCH3 is 2. The first kappa shape index (κ1) is 15.8. The molecule has 1 atom stereocenters. The molecule has 4 nitrogen and oxygen atoms in total. The third-order valence-corrected chi connectivity index (χ3v) is 3.30. The molecule has 0 bridgehead atoms. The Balaban J connectivity index is 2.81. The standard InChI is InChI=1S/C14H20BrNO3/c1-10(15)7-8-16(2)14(17)11-5-6-12(18-3)13(9-11)19-4/h5-6,9-10H,7-8H2,1-4H3. The Kier molecular flexibility index (Phi) is 6.15. The van der Waals surface area contributed by atoms with Crippen LogP contribution in [0.25, 0.3) is 0 Å². The number of benzene rings is 1. The zero-order chi connectivity index (χ0) is 14.4. The lowest BCUT2D eigenvalue weighted by atomic mass is 10.1. The molecule has 0 spiro atoms. The maximum Gasteiger partial charge on any atom is 0.253 e. The summed E-state index contributed by atoms with van der Waals surface area (Å²) in [5, 5.41) is 0. The fraction of sp³-hybridized carbons (Fsp3) is 0.500. The monoisotopic (exact) mass is 329 g/mol. The average molecular weight is 330 g/mol. The predicted molar refractivity (Wildman–Crippen MR) is 79.5 cm³/mol. The fourth-order valence-corrected chi connectivity index (χ4v) is 1.87. The van der Waals surface area contributed by atoms with Crippen molar-refractivity contribution in [2.45, 2.75) is 18.2 Å². The van der Waals surface area contributed by atoms with Crippen molar-refractivity contribution in [3.05, 3.63) is 23.8 Å². The lowest BCUT2D eigenvalue weighted by Gasteiger charge is -2.18. The third-order valence-electron chi connectivity index (χ3n) is 2.84. The molecule has 0 aliphatic carbocycles. The molecule has 0 heterocycles. The van der Waals surface area contributed by atoms with Gasteiger partial charge in [-0.1, -0.05) is 22.9 Å². The van der Waals surface area contributed by atoms with Gasteiger partial charge >= 0.3 is 0 Å². The van der Waals surface area contributed by atoms with Crippen molar-refractivity contribution in [3.63, 3.8) is 0 Å². The van der Waals surface area contributed by atoms with E-state index >= 15 is 0 Å². The van der Waals surface area contributed by atoms with E-state index in [0.29, 0.717) is 28.4 Å². The van der Waals surface area contributed by atoms with E-state index < -0.39 is 0 Å². The molecule has 0 N–H and O–H groups in total. The van der Waals surface area contributed by atoms with Crippen molar-refractivity contribution in [2.24, 2.45) is 0 Å². The second-order valence-electron chi connectivity index (χ2n) is 4.37. The van der Waals surface area contributed by atoms with E-state index in [4.69, 9.17) is 9.47 Å². The van der Waals surface area contributed by atoms with Crippen LogP contribution in [0, 0.1) is 0 Å². The van der Waals surface area contributed by atoms with Crippen LogP contribution in [0.15, 0.2) is 18.2 Å². The summed E-state index contributed by atoms with van der Waals surface area (Å²) in [6, 6.07) is 5.19. The van der Waals surface area contributed by atoms with Gasteiger partial charge in [-0.05, 0) is 24.6 Å². The number of rotatable bonds is 6. The molecule has 106 valence electrons. The maximum absolute atomic E-state index is 12.2. The minimum absolute atomic E-state index is 0.0193. The first-order valence-corrected chi connectivity index (χ1v) is 7.02. The number of hydrogen-bond acceptors (Lipinski definition) is 3. The third kappa shape index (κ3) is 4.42. The molecule has 0 aliphatic heterocycles. The largest absolute Gasteiger partial charge is 0.493 e. The van der Waals surface area contributed by atoms with Gasteiger partial charge in [-0.2, -0.15) is 0 Å². The van der Waals surface area contributed by atoms with E-state index in [-0.39, 0.29) is 5.91 Å². The zero-order valence-corrected chi connectivity index (χ0v) is 13.4. The average Bonchev–Trinajstić information content (AvgIpc) is 2.42. The smallest absolute Gasteiger partial charge is 0.253 e. The van der Waals surface area contributed by atoms with Gasteiger partial charge in [0.15, 0.2) is 11.5 Å². The molecule has 0 fully saturated rings. The van der Waals surface area contributed by atoms with Crippen LogP contribution in [0.5, 0.6) is 11.5 Å².